The summed E-state index contributed by atoms with van der Waals surface area (Å²) in [6.07, 6.45) is 0.758. The van der Waals surface area contributed by atoms with Crippen LogP contribution in [-0.2, 0) is 13.0 Å². The van der Waals surface area contributed by atoms with Crippen molar-refractivity contribution < 1.29 is 5.11 Å². The van der Waals surface area contributed by atoms with E-state index in [4.69, 9.17) is 5.11 Å². The molecule has 0 saturated carbocycles. The molecule has 1 aromatic rings. The van der Waals surface area contributed by atoms with E-state index in [0.29, 0.717) is 0 Å². The maximum Gasteiger partial charge on any atom is 0.0471 e. The summed E-state index contributed by atoms with van der Waals surface area (Å²) in [4.78, 5) is 2.47. The van der Waals surface area contributed by atoms with Crippen molar-refractivity contribution in [3.05, 3.63) is 35.4 Å². The number of nitrogens with one attached hydrogen (secondary N) is 1. The van der Waals surface area contributed by atoms with Crippen molar-refractivity contribution in [3.63, 3.8) is 0 Å². The maximum atomic E-state index is 8.83. The number of benzene rings is 1. The molecular formula is C13H22Cl2N2O. The third-order valence-electron chi connectivity index (χ3n) is 3.04. The first-order valence-electron chi connectivity index (χ1n) is 6.00. The molecule has 0 atom stereocenters. The van der Waals surface area contributed by atoms with Crippen LogP contribution < -0.4 is 5.32 Å². The van der Waals surface area contributed by atoms with E-state index in [1.54, 1.807) is 0 Å². The Bertz CT molecular complexity index is 313. The van der Waals surface area contributed by atoms with Crippen molar-refractivity contribution in [3.8, 4) is 0 Å². The molecule has 0 unspecified atom stereocenters. The zero-order valence-corrected chi connectivity index (χ0v) is 12.1. The first kappa shape index (κ1) is 17.7. The van der Waals surface area contributed by atoms with Crippen LogP contribution in [0.25, 0.3) is 0 Å². The van der Waals surface area contributed by atoms with E-state index >= 15 is 0 Å². The van der Waals surface area contributed by atoms with E-state index in [0.717, 1.165) is 39.1 Å². The van der Waals surface area contributed by atoms with Crippen LogP contribution >= 0.6 is 24.8 Å². The van der Waals surface area contributed by atoms with Gasteiger partial charge in [-0.25, -0.2) is 0 Å². The Morgan fingerprint density at radius 1 is 1.00 bits per heavy atom. The number of hydrogen-bond acceptors (Lipinski definition) is 3. The van der Waals surface area contributed by atoms with Crippen LogP contribution in [0.2, 0.25) is 0 Å². The van der Waals surface area contributed by atoms with E-state index in [9.17, 15) is 0 Å². The van der Waals surface area contributed by atoms with Crippen LogP contribution in [0.15, 0.2) is 24.3 Å². The molecule has 2 N–H and O–H groups in total. The highest BCUT2D eigenvalue weighted by Crippen LogP contribution is 2.08. The maximum absolute atomic E-state index is 8.83. The van der Waals surface area contributed by atoms with Gasteiger partial charge in [-0.3, -0.25) is 4.90 Å². The Balaban J connectivity index is 0.00000144. The fourth-order valence-corrected chi connectivity index (χ4v) is 2.07. The van der Waals surface area contributed by atoms with Crippen molar-refractivity contribution >= 4 is 24.8 Å². The molecule has 5 heteroatoms. The third kappa shape index (κ3) is 5.55. The summed E-state index contributed by atoms with van der Waals surface area (Å²) in [6, 6.07) is 8.58. The molecule has 1 aromatic carbocycles. The van der Waals surface area contributed by atoms with Crippen LogP contribution in [0.1, 0.15) is 11.1 Å². The molecule has 0 aliphatic carbocycles. The molecule has 1 aliphatic heterocycles. The topological polar surface area (TPSA) is 35.5 Å². The van der Waals surface area contributed by atoms with Crippen molar-refractivity contribution in [2.75, 3.05) is 32.8 Å². The van der Waals surface area contributed by atoms with Gasteiger partial charge in [0.1, 0.15) is 0 Å². The second-order valence-electron chi connectivity index (χ2n) is 4.32. The minimum atomic E-state index is 0. The first-order chi connectivity index (χ1) is 7.88. The monoisotopic (exact) mass is 292 g/mol. The zero-order valence-electron chi connectivity index (χ0n) is 10.5. The molecule has 2 rings (SSSR count). The summed E-state index contributed by atoms with van der Waals surface area (Å²) in [5.41, 5.74) is 2.58. The second-order valence-corrected chi connectivity index (χ2v) is 4.32. The number of halogens is 2. The lowest BCUT2D eigenvalue weighted by Crippen LogP contribution is -2.42. The number of nitrogens with zero attached hydrogens (tertiary/aromatic N) is 1. The van der Waals surface area contributed by atoms with Crippen molar-refractivity contribution in [2.45, 2.75) is 13.0 Å². The molecule has 104 valence electrons. The summed E-state index contributed by atoms with van der Waals surface area (Å²) < 4.78 is 0. The standard InChI is InChI=1S/C13H20N2O.2ClH/c16-10-5-12-1-3-13(4-2-12)11-15-8-6-14-7-9-15;;/h1-4,14,16H,5-11H2;2*1H. The van der Waals surface area contributed by atoms with Gasteiger partial charge >= 0.3 is 0 Å². The largest absolute Gasteiger partial charge is 0.396 e. The van der Waals surface area contributed by atoms with Gasteiger partial charge in [-0.1, -0.05) is 24.3 Å². The highest BCUT2D eigenvalue weighted by Gasteiger charge is 2.09. The lowest BCUT2D eigenvalue weighted by molar-refractivity contribution is 0.233. The average Bonchev–Trinajstić information content (AvgIpc) is 2.33. The molecule has 18 heavy (non-hydrogen) atoms. The highest BCUT2D eigenvalue weighted by atomic mass is 35.5. The molecular weight excluding hydrogens is 271 g/mol. The van der Waals surface area contributed by atoms with Gasteiger partial charge in [0.15, 0.2) is 0 Å². The molecule has 0 spiro atoms. The van der Waals surface area contributed by atoms with E-state index in [2.05, 4.69) is 34.5 Å². The van der Waals surface area contributed by atoms with E-state index in [-0.39, 0.29) is 31.4 Å². The number of piperazine rings is 1. The fraction of sp³-hybridized carbons (Fsp3) is 0.538. The Hall–Kier alpha value is -0.320. The Kier molecular flexibility index (Phi) is 9.42. The molecule has 0 amide bonds. The molecule has 1 heterocycles. The van der Waals surface area contributed by atoms with Crippen molar-refractivity contribution in [1.82, 2.24) is 10.2 Å². The Morgan fingerprint density at radius 3 is 2.11 bits per heavy atom. The van der Waals surface area contributed by atoms with Gasteiger partial charge in [0.2, 0.25) is 0 Å². The molecule has 1 aliphatic rings. The third-order valence-corrected chi connectivity index (χ3v) is 3.04. The van der Waals surface area contributed by atoms with Crippen molar-refractivity contribution in [2.24, 2.45) is 0 Å². The number of aliphatic hydroxyl groups is 1. The molecule has 0 aromatic heterocycles. The quantitative estimate of drug-likeness (QED) is 0.882. The second kappa shape index (κ2) is 9.59. The van der Waals surface area contributed by atoms with Gasteiger partial charge in [-0.15, -0.1) is 24.8 Å². The molecule has 3 nitrogen and oxygen atoms in total. The van der Waals surface area contributed by atoms with Gasteiger partial charge in [0, 0.05) is 39.3 Å². The number of hydrogen-bond donors (Lipinski definition) is 2. The van der Waals surface area contributed by atoms with Gasteiger partial charge in [-0.2, -0.15) is 0 Å². The normalized spacial score (nSPS) is 15.6. The van der Waals surface area contributed by atoms with Crippen LogP contribution in [0.3, 0.4) is 0 Å². The predicted molar refractivity (Wildman–Crippen MR) is 79.9 cm³/mol. The SMILES string of the molecule is Cl.Cl.OCCc1ccc(CN2CCNCC2)cc1. The van der Waals surface area contributed by atoms with E-state index in [1.165, 1.54) is 11.1 Å². The molecule has 1 saturated heterocycles. The minimum Gasteiger partial charge on any atom is -0.396 e. The van der Waals surface area contributed by atoms with Gasteiger partial charge in [0.25, 0.3) is 0 Å². The fourth-order valence-electron chi connectivity index (χ4n) is 2.07. The number of aliphatic hydroxyl groups excluding tert-OH is 1. The van der Waals surface area contributed by atoms with Gasteiger partial charge < -0.3 is 10.4 Å². The van der Waals surface area contributed by atoms with Crippen LogP contribution in [0, 0.1) is 0 Å². The highest BCUT2D eigenvalue weighted by molar-refractivity contribution is 5.85. The van der Waals surface area contributed by atoms with Gasteiger partial charge in [0.05, 0.1) is 0 Å². The number of rotatable bonds is 4. The Morgan fingerprint density at radius 2 is 1.56 bits per heavy atom. The van der Waals surface area contributed by atoms with Gasteiger partial charge in [-0.05, 0) is 17.5 Å². The van der Waals surface area contributed by atoms with Crippen LogP contribution in [-0.4, -0.2) is 42.8 Å². The lowest BCUT2D eigenvalue weighted by Gasteiger charge is -2.27. The van der Waals surface area contributed by atoms with Crippen LogP contribution in [0.5, 0.6) is 0 Å². The zero-order chi connectivity index (χ0) is 11.2. The predicted octanol–water partition coefficient (Wildman–Crippen LogP) is 1.47. The minimum absolute atomic E-state index is 0. The van der Waals surface area contributed by atoms with E-state index in [1.807, 2.05) is 0 Å². The lowest BCUT2D eigenvalue weighted by atomic mass is 10.1. The van der Waals surface area contributed by atoms with Crippen molar-refractivity contribution in [1.29, 1.82) is 0 Å². The molecule has 0 radical (unpaired) electrons. The molecule has 0 bridgehead atoms. The molecule has 1 fully saturated rings. The first-order valence-corrected chi connectivity index (χ1v) is 6.00. The summed E-state index contributed by atoms with van der Waals surface area (Å²) >= 11 is 0. The summed E-state index contributed by atoms with van der Waals surface area (Å²) in [7, 11) is 0. The smallest absolute Gasteiger partial charge is 0.0471 e. The van der Waals surface area contributed by atoms with E-state index < -0.39 is 0 Å². The summed E-state index contributed by atoms with van der Waals surface area (Å²) in [6.45, 7) is 5.75. The Labute approximate surface area is 121 Å². The summed E-state index contributed by atoms with van der Waals surface area (Å²) in [5.74, 6) is 0. The van der Waals surface area contributed by atoms with Crippen LogP contribution in [0.4, 0.5) is 0 Å². The average molecular weight is 293 g/mol. The summed E-state index contributed by atoms with van der Waals surface area (Å²) in [5, 5.41) is 12.2.